The van der Waals surface area contributed by atoms with E-state index in [-0.39, 0.29) is 10.6 Å². The third-order valence-corrected chi connectivity index (χ3v) is 2.65. The summed E-state index contributed by atoms with van der Waals surface area (Å²) in [4.78, 5) is 11.9. The van der Waals surface area contributed by atoms with Gasteiger partial charge in [0.15, 0.2) is 0 Å². The molecule has 1 aromatic heterocycles. The molecular weight excluding hydrogens is 257 g/mol. The molecule has 2 rings (SSSR count). The summed E-state index contributed by atoms with van der Waals surface area (Å²) in [6.07, 6.45) is 0. The third-order valence-electron chi connectivity index (χ3n) is 2.42. The fourth-order valence-electron chi connectivity index (χ4n) is 1.58. The van der Waals surface area contributed by atoms with Crippen LogP contribution in [0.2, 0.25) is 5.02 Å². The van der Waals surface area contributed by atoms with Crippen molar-refractivity contribution in [3.63, 3.8) is 0 Å². The zero-order chi connectivity index (χ0) is 13.3. The van der Waals surface area contributed by atoms with Crippen molar-refractivity contribution in [2.45, 2.75) is 6.92 Å². The summed E-state index contributed by atoms with van der Waals surface area (Å²) in [5.41, 5.74) is 0.711. The number of nitrogens with one attached hydrogen (secondary N) is 1. The average Bonchev–Trinajstić information content (AvgIpc) is 2.57. The van der Waals surface area contributed by atoms with E-state index in [1.54, 1.807) is 20.0 Å². The predicted octanol–water partition coefficient (Wildman–Crippen LogP) is 2.77. The highest BCUT2D eigenvalue weighted by atomic mass is 35.5. The van der Waals surface area contributed by atoms with Crippen LogP contribution in [0.1, 0.15) is 16.1 Å². The normalized spacial score (nSPS) is 10.4. The summed E-state index contributed by atoms with van der Waals surface area (Å²) in [5.74, 6) is -0.682. The molecule has 0 radical (unpaired) electrons. The molecule has 4 nitrogen and oxygen atoms in total. The Morgan fingerprint density at radius 1 is 1.44 bits per heavy atom. The van der Waals surface area contributed by atoms with Crippen LogP contribution in [0.4, 0.5) is 10.2 Å². The summed E-state index contributed by atoms with van der Waals surface area (Å²) < 4.78 is 15.1. The quantitative estimate of drug-likeness (QED) is 0.909. The van der Waals surface area contributed by atoms with Crippen molar-refractivity contribution >= 4 is 23.3 Å². The molecule has 0 aliphatic carbocycles. The summed E-state index contributed by atoms with van der Waals surface area (Å²) in [7, 11) is 1.70. The number of benzene rings is 1. The highest BCUT2D eigenvalue weighted by molar-refractivity contribution is 6.30. The summed E-state index contributed by atoms with van der Waals surface area (Å²) in [6, 6.07) is 5.61. The van der Waals surface area contributed by atoms with Gasteiger partial charge in [-0.25, -0.2) is 4.39 Å². The van der Waals surface area contributed by atoms with E-state index < -0.39 is 11.7 Å². The van der Waals surface area contributed by atoms with Crippen LogP contribution in [0.25, 0.3) is 0 Å². The van der Waals surface area contributed by atoms with Crippen molar-refractivity contribution in [3.05, 3.63) is 46.4 Å². The largest absolute Gasteiger partial charge is 0.307 e. The molecule has 0 atom stereocenters. The number of hydrogen-bond acceptors (Lipinski definition) is 2. The van der Waals surface area contributed by atoms with Gasteiger partial charge in [-0.05, 0) is 25.1 Å². The summed E-state index contributed by atoms with van der Waals surface area (Å²) >= 11 is 5.62. The molecule has 0 aliphatic heterocycles. The first-order valence-corrected chi connectivity index (χ1v) is 5.62. The molecule has 1 aromatic carbocycles. The Balaban J connectivity index is 2.24. The number of carbonyl (C=O) groups excluding carboxylic acids is 1. The van der Waals surface area contributed by atoms with Crippen LogP contribution in [-0.2, 0) is 7.05 Å². The van der Waals surface area contributed by atoms with Gasteiger partial charge in [-0.1, -0.05) is 11.6 Å². The van der Waals surface area contributed by atoms with Gasteiger partial charge < -0.3 is 5.32 Å². The molecule has 0 aliphatic rings. The van der Waals surface area contributed by atoms with Gasteiger partial charge in [-0.2, -0.15) is 5.10 Å². The number of carbonyl (C=O) groups is 1. The topological polar surface area (TPSA) is 46.9 Å². The van der Waals surface area contributed by atoms with Crippen LogP contribution >= 0.6 is 11.6 Å². The Kier molecular flexibility index (Phi) is 3.34. The summed E-state index contributed by atoms with van der Waals surface area (Å²) in [5, 5.41) is 6.92. The molecule has 0 unspecified atom stereocenters. The monoisotopic (exact) mass is 267 g/mol. The van der Waals surface area contributed by atoms with Gasteiger partial charge in [0, 0.05) is 18.1 Å². The van der Waals surface area contributed by atoms with Crippen LogP contribution < -0.4 is 5.32 Å². The van der Waals surface area contributed by atoms with E-state index in [1.807, 2.05) is 0 Å². The molecule has 1 N–H and O–H groups in total. The van der Waals surface area contributed by atoms with Gasteiger partial charge in [0.1, 0.15) is 11.6 Å². The first-order chi connectivity index (χ1) is 8.47. The molecule has 0 saturated carbocycles. The Morgan fingerprint density at radius 2 is 2.17 bits per heavy atom. The molecule has 0 fully saturated rings. The van der Waals surface area contributed by atoms with E-state index >= 15 is 0 Å². The van der Waals surface area contributed by atoms with Crippen molar-refractivity contribution in [3.8, 4) is 0 Å². The molecule has 1 heterocycles. The van der Waals surface area contributed by atoms with Crippen LogP contribution in [0, 0.1) is 12.7 Å². The Bertz CT molecular complexity index is 609. The molecule has 1 amide bonds. The number of hydrogen-bond donors (Lipinski definition) is 1. The fourth-order valence-corrected chi connectivity index (χ4v) is 1.74. The number of aryl methyl sites for hydroxylation is 2. The molecule has 6 heteroatoms. The van der Waals surface area contributed by atoms with Gasteiger partial charge in [-0.15, -0.1) is 0 Å². The molecular formula is C12H11ClFN3O. The minimum Gasteiger partial charge on any atom is -0.307 e. The van der Waals surface area contributed by atoms with Crippen molar-refractivity contribution in [2.75, 3.05) is 5.32 Å². The van der Waals surface area contributed by atoms with Crippen LogP contribution in [-0.4, -0.2) is 15.7 Å². The molecule has 94 valence electrons. The van der Waals surface area contributed by atoms with Gasteiger partial charge in [0.05, 0.1) is 11.3 Å². The van der Waals surface area contributed by atoms with Crippen molar-refractivity contribution in [2.24, 2.45) is 7.05 Å². The van der Waals surface area contributed by atoms with E-state index in [0.717, 1.165) is 11.8 Å². The van der Waals surface area contributed by atoms with Crippen molar-refractivity contribution in [1.82, 2.24) is 9.78 Å². The first kappa shape index (κ1) is 12.6. The molecule has 18 heavy (non-hydrogen) atoms. The van der Waals surface area contributed by atoms with Crippen LogP contribution in [0.3, 0.4) is 0 Å². The van der Waals surface area contributed by atoms with Crippen LogP contribution in [0.5, 0.6) is 0 Å². The van der Waals surface area contributed by atoms with Crippen LogP contribution in [0.15, 0.2) is 24.3 Å². The second-order valence-corrected chi connectivity index (χ2v) is 4.31. The smallest absolute Gasteiger partial charge is 0.259 e. The maximum Gasteiger partial charge on any atom is 0.259 e. The number of anilines is 1. The molecule has 0 bridgehead atoms. The Morgan fingerprint density at radius 3 is 2.72 bits per heavy atom. The number of nitrogens with zero attached hydrogens (tertiary/aromatic N) is 2. The third kappa shape index (κ3) is 2.51. The van der Waals surface area contributed by atoms with Gasteiger partial charge in [0.25, 0.3) is 5.91 Å². The van der Waals surface area contributed by atoms with E-state index in [4.69, 9.17) is 11.6 Å². The molecule has 0 saturated heterocycles. The fraction of sp³-hybridized carbons (Fsp3) is 0.167. The second-order valence-electron chi connectivity index (χ2n) is 3.87. The maximum atomic E-state index is 13.5. The lowest BCUT2D eigenvalue weighted by atomic mass is 10.2. The zero-order valence-electron chi connectivity index (χ0n) is 9.87. The highest BCUT2D eigenvalue weighted by Crippen LogP contribution is 2.16. The maximum absolute atomic E-state index is 13.5. The second kappa shape index (κ2) is 4.78. The SMILES string of the molecule is Cc1cc(NC(=O)c2ccc(Cl)cc2F)n(C)n1. The van der Waals surface area contributed by atoms with Gasteiger partial charge in [0.2, 0.25) is 0 Å². The average molecular weight is 268 g/mol. The van der Waals surface area contributed by atoms with Gasteiger partial charge in [-0.3, -0.25) is 9.48 Å². The number of amides is 1. The Labute approximate surface area is 108 Å². The highest BCUT2D eigenvalue weighted by Gasteiger charge is 2.14. The zero-order valence-corrected chi connectivity index (χ0v) is 10.6. The van der Waals surface area contributed by atoms with E-state index in [1.165, 1.54) is 16.8 Å². The molecule has 0 spiro atoms. The molecule has 2 aromatic rings. The number of aromatic nitrogens is 2. The van der Waals surface area contributed by atoms with Crippen molar-refractivity contribution in [1.29, 1.82) is 0 Å². The lowest BCUT2D eigenvalue weighted by Gasteiger charge is -2.06. The van der Waals surface area contributed by atoms with E-state index in [0.29, 0.717) is 5.82 Å². The predicted molar refractivity (Wildman–Crippen MR) is 67.3 cm³/mol. The number of rotatable bonds is 2. The minimum absolute atomic E-state index is 0.0572. The van der Waals surface area contributed by atoms with Gasteiger partial charge >= 0.3 is 0 Å². The number of halogens is 2. The lowest BCUT2D eigenvalue weighted by Crippen LogP contribution is -2.16. The Hall–Kier alpha value is -1.88. The van der Waals surface area contributed by atoms with E-state index in [2.05, 4.69) is 10.4 Å². The lowest BCUT2D eigenvalue weighted by molar-refractivity contribution is 0.102. The minimum atomic E-state index is -0.654. The van der Waals surface area contributed by atoms with Crippen molar-refractivity contribution < 1.29 is 9.18 Å². The first-order valence-electron chi connectivity index (χ1n) is 5.24. The van der Waals surface area contributed by atoms with E-state index in [9.17, 15) is 9.18 Å². The summed E-state index contributed by atoms with van der Waals surface area (Å²) in [6.45, 7) is 1.80. The standard InChI is InChI=1S/C12H11ClFN3O/c1-7-5-11(17(2)16-7)15-12(18)9-4-3-8(13)6-10(9)14/h3-6H,1-2H3,(H,15,18).